The van der Waals surface area contributed by atoms with Gasteiger partial charge in [0.1, 0.15) is 17.3 Å². The number of hydrogen-bond acceptors (Lipinski definition) is 5. The number of benzene rings is 3. The number of anilines is 1. The topological polar surface area (TPSA) is 94.1 Å². The molecule has 0 unspecified atom stereocenters. The predicted molar refractivity (Wildman–Crippen MR) is 125 cm³/mol. The highest BCUT2D eigenvalue weighted by Crippen LogP contribution is 2.18. The Bertz CT molecular complexity index is 1070. The van der Waals surface area contributed by atoms with Crippen LogP contribution in [0.4, 0.5) is 10.1 Å². The lowest BCUT2D eigenvalue weighted by molar-refractivity contribution is -0.148. The maximum absolute atomic E-state index is 13.0. The van der Waals surface area contributed by atoms with Gasteiger partial charge in [-0.1, -0.05) is 12.1 Å². The van der Waals surface area contributed by atoms with Gasteiger partial charge in [-0.2, -0.15) is 0 Å². The molecule has 1 amide bonds. The molecule has 0 saturated heterocycles. The molecular formula is C26H26FNO6. The number of aliphatic carboxylic acids is 1. The van der Waals surface area contributed by atoms with Crippen LogP contribution in [0, 0.1) is 5.82 Å². The van der Waals surface area contributed by atoms with Crippen LogP contribution in [0.1, 0.15) is 22.3 Å². The van der Waals surface area contributed by atoms with Gasteiger partial charge in [0, 0.05) is 31.2 Å². The molecule has 0 saturated carbocycles. The van der Waals surface area contributed by atoms with Crippen molar-refractivity contribution in [3.05, 3.63) is 89.7 Å². The molecule has 34 heavy (non-hydrogen) atoms. The van der Waals surface area contributed by atoms with Crippen LogP contribution in [0.15, 0.2) is 72.8 Å². The number of halogens is 1. The van der Waals surface area contributed by atoms with E-state index in [4.69, 9.17) is 19.3 Å². The first-order chi connectivity index (χ1) is 16.4. The van der Waals surface area contributed by atoms with Crippen molar-refractivity contribution in [3.8, 4) is 11.5 Å². The highest BCUT2D eigenvalue weighted by Gasteiger charge is 2.16. The molecule has 3 aromatic carbocycles. The van der Waals surface area contributed by atoms with Crippen LogP contribution < -0.4 is 14.8 Å². The van der Waals surface area contributed by atoms with Gasteiger partial charge in [-0.15, -0.1) is 0 Å². The number of amides is 1. The maximum atomic E-state index is 13.0. The molecule has 8 heteroatoms. The second-order valence-electron chi connectivity index (χ2n) is 7.45. The third-order valence-corrected chi connectivity index (χ3v) is 4.95. The van der Waals surface area contributed by atoms with Crippen LogP contribution in [0.5, 0.6) is 11.5 Å². The van der Waals surface area contributed by atoms with Crippen LogP contribution in [-0.4, -0.2) is 43.4 Å². The molecule has 0 fully saturated rings. The summed E-state index contributed by atoms with van der Waals surface area (Å²) in [6.07, 6.45) is 0.0774. The number of carbonyl (C=O) groups is 2. The van der Waals surface area contributed by atoms with Gasteiger partial charge in [-0.05, 0) is 66.2 Å². The second-order valence-corrected chi connectivity index (χ2v) is 7.45. The Hall–Kier alpha value is -3.91. The normalized spacial score (nSPS) is 11.5. The van der Waals surface area contributed by atoms with Gasteiger partial charge in [-0.25, -0.2) is 9.18 Å². The first-order valence-electron chi connectivity index (χ1n) is 10.7. The molecule has 0 aliphatic carbocycles. The lowest BCUT2D eigenvalue weighted by atomic mass is 10.1. The lowest BCUT2D eigenvalue weighted by Crippen LogP contribution is -2.24. The summed E-state index contributed by atoms with van der Waals surface area (Å²) in [5.74, 6) is -0.356. The van der Waals surface area contributed by atoms with Crippen LogP contribution >= 0.6 is 0 Å². The Balaban J connectivity index is 1.36. The minimum Gasteiger partial charge on any atom is -0.493 e. The molecular weight excluding hydrogens is 441 g/mol. The van der Waals surface area contributed by atoms with E-state index in [0.29, 0.717) is 42.4 Å². The zero-order valence-corrected chi connectivity index (χ0v) is 18.7. The minimum atomic E-state index is -0.993. The van der Waals surface area contributed by atoms with E-state index in [-0.39, 0.29) is 12.3 Å². The van der Waals surface area contributed by atoms with Crippen molar-refractivity contribution in [2.45, 2.75) is 18.9 Å². The molecule has 0 radical (unpaired) electrons. The molecule has 3 aromatic rings. The van der Waals surface area contributed by atoms with Crippen LogP contribution in [0.3, 0.4) is 0 Å². The molecule has 0 aliphatic rings. The highest BCUT2D eigenvalue weighted by molar-refractivity contribution is 6.04. The standard InChI is InChI=1S/C26H26FNO6/c1-32-24(26(30)31)17-18-3-11-22(12-4-18)33-15-2-16-34-23-13-9-21(10-14-23)28-25(29)19-5-7-20(27)8-6-19/h3-14,24H,2,15-17H2,1H3,(H,28,29)(H,30,31)/t24-/m0/s1. The monoisotopic (exact) mass is 467 g/mol. The van der Waals surface area contributed by atoms with Crippen molar-refractivity contribution in [1.29, 1.82) is 0 Å². The molecule has 0 aromatic heterocycles. The number of methoxy groups -OCH3 is 1. The number of rotatable bonds is 12. The number of carbonyl (C=O) groups excluding carboxylic acids is 1. The van der Waals surface area contributed by atoms with Crippen molar-refractivity contribution >= 4 is 17.6 Å². The van der Waals surface area contributed by atoms with Gasteiger partial charge in [0.2, 0.25) is 0 Å². The molecule has 1 atom stereocenters. The summed E-state index contributed by atoms with van der Waals surface area (Å²) in [4.78, 5) is 23.2. The number of ether oxygens (including phenoxy) is 3. The van der Waals surface area contributed by atoms with E-state index in [2.05, 4.69) is 5.32 Å². The Morgan fingerprint density at radius 1 is 0.882 bits per heavy atom. The summed E-state index contributed by atoms with van der Waals surface area (Å²) in [5, 5.41) is 11.8. The van der Waals surface area contributed by atoms with Gasteiger partial charge in [0.15, 0.2) is 6.10 Å². The van der Waals surface area contributed by atoms with Gasteiger partial charge in [0.25, 0.3) is 5.91 Å². The number of nitrogens with one attached hydrogen (secondary N) is 1. The predicted octanol–water partition coefficient (Wildman–Crippen LogP) is 4.57. The highest BCUT2D eigenvalue weighted by atomic mass is 19.1. The molecule has 7 nitrogen and oxygen atoms in total. The van der Waals surface area contributed by atoms with Crippen LogP contribution in [-0.2, 0) is 16.0 Å². The lowest BCUT2D eigenvalue weighted by Gasteiger charge is -2.11. The van der Waals surface area contributed by atoms with E-state index < -0.39 is 17.9 Å². The van der Waals surface area contributed by atoms with E-state index >= 15 is 0 Å². The number of hydrogen-bond donors (Lipinski definition) is 2. The van der Waals surface area contributed by atoms with Gasteiger partial charge in [-0.3, -0.25) is 4.79 Å². The second kappa shape index (κ2) is 12.4. The summed E-state index contributed by atoms with van der Waals surface area (Å²) in [7, 11) is 1.38. The quantitative estimate of drug-likeness (QED) is 0.379. The van der Waals surface area contributed by atoms with Crippen molar-refractivity contribution in [3.63, 3.8) is 0 Å². The zero-order valence-electron chi connectivity index (χ0n) is 18.7. The van der Waals surface area contributed by atoms with E-state index in [1.807, 2.05) is 12.1 Å². The molecule has 2 N–H and O–H groups in total. The Morgan fingerprint density at radius 3 is 1.97 bits per heavy atom. The third-order valence-electron chi connectivity index (χ3n) is 4.95. The first-order valence-corrected chi connectivity index (χ1v) is 10.7. The third kappa shape index (κ3) is 7.60. The van der Waals surface area contributed by atoms with E-state index in [0.717, 1.165) is 5.56 Å². The van der Waals surface area contributed by atoms with Crippen molar-refractivity contribution in [2.24, 2.45) is 0 Å². The molecule has 0 spiro atoms. The molecule has 0 heterocycles. The Morgan fingerprint density at radius 2 is 1.44 bits per heavy atom. The Labute approximate surface area is 197 Å². The average molecular weight is 467 g/mol. The van der Waals surface area contributed by atoms with Gasteiger partial charge >= 0.3 is 5.97 Å². The van der Waals surface area contributed by atoms with Gasteiger partial charge in [0.05, 0.1) is 13.2 Å². The average Bonchev–Trinajstić information content (AvgIpc) is 2.84. The summed E-state index contributed by atoms with van der Waals surface area (Å²) in [6, 6.07) is 19.5. The molecule has 3 rings (SSSR count). The van der Waals surface area contributed by atoms with E-state index in [9.17, 15) is 14.0 Å². The number of carboxylic acids is 1. The SMILES string of the molecule is CO[C@@H](Cc1ccc(OCCCOc2ccc(NC(=O)c3ccc(F)cc3)cc2)cc1)C(=O)O. The summed E-state index contributed by atoms with van der Waals surface area (Å²) < 4.78 is 29.3. The molecule has 0 aliphatic heterocycles. The molecule has 178 valence electrons. The largest absolute Gasteiger partial charge is 0.493 e. The fourth-order valence-corrected chi connectivity index (χ4v) is 3.09. The van der Waals surface area contributed by atoms with E-state index in [1.54, 1.807) is 36.4 Å². The van der Waals surface area contributed by atoms with Crippen molar-refractivity contribution in [1.82, 2.24) is 0 Å². The summed E-state index contributed by atoms with van der Waals surface area (Å²) in [5.41, 5.74) is 1.83. The Kier molecular flexibility index (Phi) is 8.99. The number of carboxylic acid groups (broad SMARTS) is 1. The summed E-state index contributed by atoms with van der Waals surface area (Å²) in [6.45, 7) is 0.911. The van der Waals surface area contributed by atoms with Crippen LogP contribution in [0.25, 0.3) is 0 Å². The van der Waals surface area contributed by atoms with Crippen molar-refractivity contribution in [2.75, 3.05) is 25.6 Å². The fraction of sp³-hybridized carbons (Fsp3) is 0.231. The zero-order chi connectivity index (χ0) is 24.3. The van der Waals surface area contributed by atoms with Crippen LogP contribution in [0.2, 0.25) is 0 Å². The first kappa shape index (κ1) is 24.7. The maximum Gasteiger partial charge on any atom is 0.333 e. The fourth-order valence-electron chi connectivity index (χ4n) is 3.09. The minimum absolute atomic E-state index is 0.286. The van der Waals surface area contributed by atoms with E-state index in [1.165, 1.54) is 31.4 Å². The van der Waals surface area contributed by atoms with Gasteiger partial charge < -0.3 is 24.6 Å². The molecule has 0 bridgehead atoms. The summed E-state index contributed by atoms with van der Waals surface area (Å²) >= 11 is 0. The smallest absolute Gasteiger partial charge is 0.333 e. The van der Waals surface area contributed by atoms with Crippen molar-refractivity contribution < 1.29 is 33.3 Å².